The number of carbonyl (C=O) groups excluding carboxylic acids is 3. The van der Waals surface area contributed by atoms with Gasteiger partial charge in [0.1, 0.15) is 12.1 Å². The molecule has 1 heterocycles. The molecule has 3 aromatic rings. The van der Waals surface area contributed by atoms with Gasteiger partial charge in [-0.05, 0) is 81.2 Å². The van der Waals surface area contributed by atoms with Gasteiger partial charge < -0.3 is 25.3 Å². The number of benzene rings is 3. The second-order valence-corrected chi connectivity index (χ2v) is 13.2. The predicted molar refractivity (Wildman–Crippen MR) is 181 cm³/mol. The quantitative estimate of drug-likeness (QED) is 0.319. The number of nitrogens with zero attached hydrogens (tertiary/aromatic N) is 4. The van der Waals surface area contributed by atoms with E-state index in [0.717, 1.165) is 47.8 Å². The molecule has 8 heteroatoms. The van der Waals surface area contributed by atoms with Crippen molar-refractivity contribution < 1.29 is 14.4 Å². The van der Waals surface area contributed by atoms with Crippen molar-refractivity contribution in [2.45, 2.75) is 63.2 Å². The van der Waals surface area contributed by atoms with E-state index in [4.69, 9.17) is 5.73 Å². The molecule has 1 fully saturated rings. The molecule has 0 bridgehead atoms. The molecule has 2 atom stereocenters. The summed E-state index contributed by atoms with van der Waals surface area (Å²) < 4.78 is 0. The van der Waals surface area contributed by atoms with E-state index in [2.05, 4.69) is 18.0 Å². The minimum absolute atomic E-state index is 0.0954. The number of nitrogens with two attached hydrogens (primary N) is 1. The van der Waals surface area contributed by atoms with E-state index < -0.39 is 17.6 Å². The van der Waals surface area contributed by atoms with Gasteiger partial charge in [0.15, 0.2) is 0 Å². The van der Waals surface area contributed by atoms with Crippen LogP contribution >= 0.6 is 0 Å². The number of carbonyl (C=O) groups is 3. The molecule has 240 valence electrons. The predicted octanol–water partition coefficient (Wildman–Crippen LogP) is 4.65. The highest BCUT2D eigenvalue weighted by molar-refractivity contribution is 5.95. The number of fused-ring (bicyclic) bond motifs is 1. The van der Waals surface area contributed by atoms with Gasteiger partial charge in [0.25, 0.3) is 0 Å². The summed E-state index contributed by atoms with van der Waals surface area (Å²) in [6.45, 7) is 5.64. The maximum atomic E-state index is 14.6. The van der Waals surface area contributed by atoms with Gasteiger partial charge in [0, 0.05) is 39.1 Å². The molecule has 0 saturated carbocycles. The second-order valence-electron chi connectivity index (χ2n) is 13.2. The van der Waals surface area contributed by atoms with Gasteiger partial charge in [-0.25, -0.2) is 0 Å². The molecule has 3 aromatic carbocycles. The van der Waals surface area contributed by atoms with Crippen LogP contribution in [0.15, 0.2) is 84.9 Å². The molecule has 1 saturated heterocycles. The zero-order valence-electron chi connectivity index (χ0n) is 27.6. The normalized spacial score (nSPS) is 16.0. The summed E-state index contributed by atoms with van der Waals surface area (Å²) in [7, 11) is 7.27. The third kappa shape index (κ3) is 8.80. The number of likely N-dealkylation sites (tertiary alicyclic amines) is 1. The summed E-state index contributed by atoms with van der Waals surface area (Å²) in [4.78, 5) is 49.4. The van der Waals surface area contributed by atoms with Gasteiger partial charge in [-0.15, -0.1) is 0 Å². The Kier molecular flexibility index (Phi) is 11.2. The fourth-order valence-electron chi connectivity index (χ4n) is 6.00. The summed E-state index contributed by atoms with van der Waals surface area (Å²) >= 11 is 0. The molecule has 0 radical (unpaired) electrons. The summed E-state index contributed by atoms with van der Waals surface area (Å²) in [6.07, 6.45) is 5.82. The van der Waals surface area contributed by atoms with Gasteiger partial charge in [0.2, 0.25) is 17.7 Å². The minimum Gasteiger partial charge on any atom is -0.341 e. The van der Waals surface area contributed by atoms with Crippen molar-refractivity contribution in [1.82, 2.24) is 19.6 Å². The van der Waals surface area contributed by atoms with Crippen LogP contribution in [0.2, 0.25) is 0 Å². The van der Waals surface area contributed by atoms with E-state index in [0.29, 0.717) is 12.8 Å². The highest BCUT2D eigenvalue weighted by Crippen LogP contribution is 2.27. The average molecular weight is 612 g/mol. The van der Waals surface area contributed by atoms with Crippen molar-refractivity contribution >= 4 is 28.5 Å². The van der Waals surface area contributed by atoms with Crippen molar-refractivity contribution in [2.75, 3.05) is 41.3 Å². The fraction of sp³-hybridized carbons (Fsp3) is 0.432. The van der Waals surface area contributed by atoms with Crippen molar-refractivity contribution in [1.29, 1.82) is 0 Å². The zero-order valence-corrected chi connectivity index (χ0v) is 27.6. The third-order valence-corrected chi connectivity index (χ3v) is 8.92. The molecular formula is C37H49N5O3. The third-order valence-electron chi connectivity index (χ3n) is 8.92. The molecule has 0 aliphatic carbocycles. The van der Waals surface area contributed by atoms with E-state index >= 15 is 0 Å². The topological polar surface area (TPSA) is 90.2 Å². The van der Waals surface area contributed by atoms with Gasteiger partial charge in [-0.3, -0.25) is 14.4 Å². The first-order valence-electron chi connectivity index (χ1n) is 15.8. The Bertz CT molecular complexity index is 1490. The van der Waals surface area contributed by atoms with Crippen LogP contribution in [0.4, 0.5) is 0 Å². The van der Waals surface area contributed by atoms with E-state index in [1.54, 1.807) is 20.2 Å². The lowest BCUT2D eigenvalue weighted by Crippen LogP contribution is -2.53. The van der Waals surface area contributed by atoms with Gasteiger partial charge in [0.05, 0.1) is 0 Å². The number of likely N-dealkylation sites (N-methyl/N-ethyl adjacent to an activating group) is 3. The first kappa shape index (κ1) is 33.9. The Morgan fingerprint density at radius 2 is 1.51 bits per heavy atom. The van der Waals surface area contributed by atoms with Crippen LogP contribution < -0.4 is 5.73 Å². The van der Waals surface area contributed by atoms with Crippen LogP contribution in [0.25, 0.3) is 10.8 Å². The lowest BCUT2D eigenvalue weighted by atomic mass is 9.97. The van der Waals surface area contributed by atoms with Gasteiger partial charge >= 0.3 is 0 Å². The summed E-state index contributed by atoms with van der Waals surface area (Å²) in [5.74, 6) is -0.724. The Morgan fingerprint density at radius 3 is 2.16 bits per heavy atom. The van der Waals surface area contributed by atoms with Crippen molar-refractivity contribution in [3.05, 3.63) is 96.1 Å². The number of rotatable bonds is 11. The number of piperidine rings is 1. The molecule has 3 amide bonds. The van der Waals surface area contributed by atoms with Gasteiger partial charge in [-0.1, -0.05) is 78.9 Å². The molecule has 45 heavy (non-hydrogen) atoms. The summed E-state index contributed by atoms with van der Waals surface area (Å²) in [5.41, 5.74) is 7.33. The lowest BCUT2D eigenvalue weighted by Gasteiger charge is -2.39. The van der Waals surface area contributed by atoms with Crippen LogP contribution in [0.5, 0.6) is 0 Å². The molecule has 1 aliphatic rings. The minimum atomic E-state index is -0.841. The maximum Gasteiger partial charge on any atom is 0.249 e. The number of hydrogen-bond donors (Lipinski definition) is 1. The van der Waals surface area contributed by atoms with Crippen LogP contribution in [0, 0.1) is 0 Å². The zero-order chi connectivity index (χ0) is 32.7. The summed E-state index contributed by atoms with van der Waals surface area (Å²) in [5, 5.41) is 2.16. The Balaban J connectivity index is 1.67. The maximum absolute atomic E-state index is 14.6. The van der Waals surface area contributed by atoms with E-state index in [1.807, 2.05) is 92.5 Å². The number of hydrogen-bond acceptors (Lipinski definition) is 5. The fourth-order valence-corrected chi connectivity index (χ4v) is 6.00. The van der Waals surface area contributed by atoms with Crippen molar-refractivity contribution in [3.63, 3.8) is 0 Å². The largest absolute Gasteiger partial charge is 0.341 e. The van der Waals surface area contributed by atoms with Crippen LogP contribution in [-0.4, -0.2) is 96.2 Å². The van der Waals surface area contributed by atoms with Crippen LogP contribution in [0.3, 0.4) is 0 Å². The molecule has 8 nitrogen and oxygen atoms in total. The molecule has 1 aliphatic heterocycles. The SMILES string of the molecule is CN1CCC(N(C)C(=O)C(c2ccccc2)N(C)C(=O)[C@@H](Cc2ccc3ccccc3c2)N(C)C(=O)/C=C/CC(C)(C)N)CC1. The first-order valence-corrected chi connectivity index (χ1v) is 15.8. The highest BCUT2D eigenvalue weighted by Gasteiger charge is 2.38. The lowest BCUT2D eigenvalue weighted by molar-refractivity contribution is -0.150. The van der Waals surface area contributed by atoms with Crippen molar-refractivity contribution in [3.8, 4) is 0 Å². The Labute approximate surface area is 268 Å². The molecule has 1 unspecified atom stereocenters. The molecule has 4 rings (SSSR count). The van der Waals surface area contributed by atoms with Gasteiger partial charge in [-0.2, -0.15) is 0 Å². The molecule has 0 spiro atoms. The van der Waals surface area contributed by atoms with Crippen molar-refractivity contribution in [2.24, 2.45) is 5.73 Å². The highest BCUT2D eigenvalue weighted by atomic mass is 16.2. The molecule has 2 N–H and O–H groups in total. The van der Waals surface area contributed by atoms with Crippen LogP contribution in [0.1, 0.15) is 50.3 Å². The molecule has 0 aromatic heterocycles. The van der Waals surface area contributed by atoms with E-state index in [-0.39, 0.29) is 23.8 Å². The first-order chi connectivity index (χ1) is 21.4. The Morgan fingerprint density at radius 1 is 0.889 bits per heavy atom. The van der Waals surface area contributed by atoms with E-state index in [9.17, 15) is 14.4 Å². The standard InChI is InChI=1S/C37H49N5O3/c1-37(2,38)22-12-17-33(43)41(5)32(26-27-18-19-28-13-10-11-16-30(28)25-27)35(44)42(6)34(29-14-8-7-9-15-29)36(45)40(4)31-20-23-39(3)24-21-31/h7-19,25,31-32,34H,20-24,26,38H2,1-6H3/b17-12+/t32-,34?/m1/s1. The number of amides is 3. The Hall–Kier alpha value is -4.01. The van der Waals surface area contributed by atoms with E-state index in [1.165, 1.54) is 15.9 Å². The monoisotopic (exact) mass is 611 g/mol. The molecular weight excluding hydrogens is 562 g/mol. The van der Waals surface area contributed by atoms with Crippen LogP contribution in [-0.2, 0) is 20.8 Å². The average Bonchev–Trinajstić information content (AvgIpc) is 3.02. The summed E-state index contributed by atoms with van der Waals surface area (Å²) in [6, 6.07) is 22.0. The second kappa shape index (κ2) is 14.8. The smallest absolute Gasteiger partial charge is 0.249 e.